The predicted molar refractivity (Wildman–Crippen MR) is 70.3 cm³/mol. The van der Waals surface area contributed by atoms with Crippen LogP contribution in [0.15, 0.2) is 0 Å². The Labute approximate surface area is 145 Å². The summed E-state index contributed by atoms with van der Waals surface area (Å²) < 4.78 is 108. The van der Waals surface area contributed by atoms with Gasteiger partial charge < -0.3 is 9.84 Å². The van der Waals surface area contributed by atoms with Crippen molar-refractivity contribution in [3.8, 4) is 0 Å². The number of alkyl halides is 3. The molecule has 0 radical (unpaired) electrons. The highest BCUT2D eigenvalue weighted by Gasteiger charge is 2.61. The number of carbonyl (C=O) groups is 2. The number of anilines is 1. The number of benzene rings is 1. The van der Waals surface area contributed by atoms with Gasteiger partial charge in [-0.2, -0.15) is 13.2 Å². The fraction of sp³-hybridized carbons (Fsp3) is 0.385. The number of amides is 1. The molecule has 0 bridgehead atoms. The van der Waals surface area contributed by atoms with E-state index in [-0.39, 0.29) is 0 Å². The van der Waals surface area contributed by atoms with E-state index in [1.165, 1.54) is 10.9 Å². The SMILES string of the molecule is CCOC(=O)[C@@](O)(CC(=O)NNc1c(F)c(F)c(F)c(F)c1F)C(F)(F)F. The lowest BCUT2D eigenvalue weighted by atomic mass is 9.99. The van der Waals surface area contributed by atoms with Gasteiger partial charge in [0.25, 0.3) is 5.60 Å². The number of rotatable bonds is 6. The number of hydrazine groups is 1. The molecule has 0 heterocycles. The molecule has 0 unspecified atom stereocenters. The Morgan fingerprint density at radius 1 is 0.963 bits per heavy atom. The molecule has 0 saturated carbocycles. The van der Waals surface area contributed by atoms with Crippen LogP contribution in [0.2, 0.25) is 0 Å². The van der Waals surface area contributed by atoms with Crippen molar-refractivity contribution in [3.63, 3.8) is 0 Å². The molecule has 0 saturated heterocycles. The summed E-state index contributed by atoms with van der Waals surface area (Å²) in [6.45, 7) is 0.529. The van der Waals surface area contributed by atoms with Gasteiger partial charge in [-0.15, -0.1) is 0 Å². The Kier molecular flexibility index (Phi) is 6.59. The van der Waals surface area contributed by atoms with Crippen LogP contribution in [0, 0.1) is 29.1 Å². The minimum atomic E-state index is -5.68. The number of halogens is 8. The first kappa shape index (κ1) is 22.4. The summed E-state index contributed by atoms with van der Waals surface area (Å²) >= 11 is 0. The quantitative estimate of drug-likeness (QED) is 0.220. The maximum atomic E-state index is 13.4. The second-order valence-electron chi connectivity index (χ2n) is 4.87. The zero-order valence-electron chi connectivity index (χ0n) is 13.1. The fourth-order valence-corrected chi connectivity index (χ4v) is 1.66. The first-order valence-corrected chi connectivity index (χ1v) is 6.80. The maximum Gasteiger partial charge on any atom is 0.428 e. The Bertz CT molecular complexity index is 726. The van der Waals surface area contributed by atoms with Crippen LogP contribution >= 0.6 is 0 Å². The normalized spacial score (nSPS) is 13.7. The van der Waals surface area contributed by atoms with Gasteiger partial charge in [-0.1, -0.05) is 0 Å². The average Bonchev–Trinajstić information content (AvgIpc) is 2.57. The largest absolute Gasteiger partial charge is 0.464 e. The standard InChI is InChI=1S/C13H10F8N2O4/c1-2-27-11(25)12(26,13(19,20)21)3-4(24)22-23-10-8(17)6(15)5(14)7(16)9(10)18/h23,26H,2-3H2,1H3,(H,22,24)/t12-/m0/s1. The molecule has 27 heavy (non-hydrogen) atoms. The molecule has 0 aromatic heterocycles. The molecule has 1 aromatic carbocycles. The third-order valence-corrected chi connectivity index (χ3v) is 3.04. The van der Waals surface area contributed by atoms with E-state index in [9.17, 15) is 49.8 Å². The van der Waals surface area contributed by atoms with Crippen molar-refractivity contribution in [3.05, 3.63) is 29.1 Å². The van der Waals surface area contributed by atoms with Crippen molar-refractivity contribution in [2.24, 2.45) is 0 Å². The molecule has 1 aromatic rings. The zero-order chi connectivity index (χ0) is 21.2. The smallest absolute Gasteiger partial charge is 0.428 e. The number of nitrogens with one attached hydrogen (secondary N) is 2. The monoisotopic (exact) mass is 410 g/mol. The van der Waals surface area contributed by atoms with Gasteiger partial charge in [-0.05, 0) is 6.92 Å². The second kappa shape index (κ2) is 7.94. The first-order valence-electron chi connectivity index (χ1n) is 6.80. The molecule has 1 rings (SSSR count). The molecular weight excluding hydrogens is 400 g/mol. The Morgan fingerprint density at radius 2 is 1.41 bits per heavy atom. The highest BCUT2D eigenvalue weighted by Crippen LogP contribution is 2.34. The molecule has 0 aliphatic carbocycles. The van der Waals surface area contributed by atoms with E-state index in [2.05, 4.69) is 4.74 Å². The van der Waals surface area contributed by atoms with E-state index >= 15 is 0 Å². The average molecular weight is 410 g/mol. The number of hydrogen-bond acceptors (Lipinski definition) is 5. The lowest BCUT2D eigenvalue weighted by Gasteiger charge is -2.27. The summed E-state index contributed by atoms with van der Waals surface area (Å²) in [5, 5.41) is 9.44. The third kappa shape index (κ3) is 4.37. The van der Waals surface area contributed by atoms with Gasteiger partial charge in [0.15, 0.2) is 23.3 Å². The Balaban J connectivity index is 3.02. The third-order valence-electron chi connectivity index (χ3n) is 3.04. The predicted octanol–water partition coefficient (Wildman–Crippen LogP) is 2.07. The fourth-order valence-electron chi connectivity index (χ4n) is 1.66. The van der Waals surface area contributed by atoms with Crippen molar-refractivity contribution in [2.45, 2.75) is 25.1 Å². The number of carbonyl (C=O) groups excluding carboxylic acids is 2. The van der Waals surface area contributed by atoms with Gasteiger partial charge >= 0.3 is 12.1 Å². The van der Waals surface area contributed by atoms with E-state index in [1.807, 2.05) is 0 Å². The van der Waals surface area contributed by atoms with Crippen molar-refractivity contribution >= 4 is 17.6 Å². The van der Waals surface area contributed by atoms with Gasteiger partial charge in [-0.25, -0.2) is 26.7 Å². The molecular formula is C13H10F8N2O4. The lowest BCUT2D eigenvalue weighted by Crippen LogP contribution is -2.55. The molecule has 1 atom stereocenters. The summed E-state index contributed by atoms with van der Waals surface area (Å²) in [5.41, 5.74) is -3.69. The van der Waals surface area contributed by atoms with Gasteiger partial charge in [-0.3, -0.25) is 15.6 Å². The molecule has 0 fully saturated rings. The minimum absolute atomic E-state index is 0.582. The number of hydrogen-bond donors (Lipinski definition) is 3. The summed E-state index contributed by atoms with van der Waals surface area (Å²) in [7, 11) is 0. The van der Waals surface area contributed by atoms with Crippen molar-refractivity contribution in [1.29, 1.82) is 0 Å². The van der Waals surface area contributed by atoms with Crippen LogP contribution in [0.25, 0.3) is 0 Å². The van der Waals surface area contributed by atoms with E-state index < -0.39 is 71.5 Å². The topological polar surface area (TPSA) is 87.7 Å². The summed E-state index contributed by atoms with van der Waals surface area (Å²) in [4.78, 5) is 22.8. The lowest BCUT2D eigenvalue weighted by molar-refractivity contribution is -0.263. The van der Waals surface area contributed by atoms with Crippen LogP contribution in [-0.4, -0.2) is 35.4 Å². The second-order valence-corrected chi connectivity index (χ2v) is 4.87. The van der Waals surface area contributed by atoms with E-state index in [4.69, 9.17) is 0 Å². The number of aliphatic hydroxyl groups is 1. The Morgan fingerprint density at radius 3 is 1.81 bits per heavy atom. The van der Waals surface area contributed by atoms with Crippen LogP contribution < -0.4 is 10.9 Å². The highest BCUT2D eigenvalue weighted by molar-refractivity contribution is 5.89. The maximum absolute atomic E-state index is 13.4. The van der Waals surface area contributed by atoms with Crippen LogP contribution in [0.3, 0.4) is 0 Å². The first-order chi connectivity index (χ1) is 12.3. The van der Waals surface area contributed by atoms with Crippen LogP contribution in [0.4, 0.5) is 40.8 Å². The van der Waals surface area contributed by atoms with E-state index in [0.717, 1.165) is 6.92 Å². The molecule has 6 nitrogen and oxygen atoms in total. The molecule has 152 valence electrons. The van der Waals surface area contributed by atoms with Gasteiger partial charge in [0.05, 0.1) is 13.0 Å². The Hall–Kier alpha value is -2.64. The molecule has 0 aliphatic rings. The summed E-state index contributed by atoms with van der Waals surface area (Å²) in [6, 6.07) is 0. The van der Waals surface area contributed by atoms with Crippen molar-refractivity contribution < 1.29 is 54.6 Å². The van der Waals surface area contributed by atoms with Crippen molar-refractivity contribution in [2.75, 3.05) is 12.0 Å². The van der Waals surface area contributed by atoms with Gasteiger partial charge in [0.2, 0.25) is 11.7 Å². The zero-order valence-corrected chi connectivity index (χ0v) is 13.1. The van der Waals surface area contributed by atoms with E-state index in [0.29, 0.717) is 0 Å². The number of ether oxygens (including phenoxy) is 1. The number of esters is 1. The molecule has 0 spiro atoms. The molecule has 1 amide bonds. The summed E-state index contributed by atoms with van der Waals surface area (Å²) in [6.07, 6.45) is -7.71. The molecule has 3 N–H and O–H groups in total. The van der Waals surface area contributed by atoms with Crippen LogP contribution in [0.1, 0.15) is 13.3 Å². The minimum Gasteiger partial charge on any atom is -0.464 e. The molecule has 14 heteroatoms. The van der Waals surface area contributed by atoms with Gasteiger partial charge in [0.1, 0.15) is 5.69 Å². The van der Waals surface area contributed by atoms with Gasteiger partial charge in [0, 0.05) is 0 Å². The van der Waals surface area contributed by atoms with Crippen LogP contribution in [0.5, 0.6) is 0 Å². The summed E-state index contributed by atoms with van der Waals surface area (Å²) in [5.74, 6) is -16.2. The molecule has 0 aliphatic heterocycles. The highest BCUT2D eigenvalue weighted by atomic mass is 19.4. The van der Waals surface area contributed by atoms with E-state index in [1.54, 1.807) is 0 Å². The van der Waals surface area contributed by atoms with Crippen LogP contribution in [-0.2, 0) is 14.3 Å². The van der Waals surface area contributed by atoms with Crippen molar-refractivity contribution in [1.82, 2.24) is 5.43 Å².